The maximum Gasteiger partial charge on any atom is 0.201 e. The van der Waals surface area contributed by atoms with E-state index in [0.29, 0.717) is 40.2 Å². The number of hydrogen-bond donors (Lipinski definition) is 1. The molecule has 0 aliphatic heterocycles. The van der Waals surface area contributed by atoms with Gasteiger partial charge in [-0.3, -0.25) is 4.79 Å². The Labute approximate surface area is 162 Å². The van der Waals surface area contributed by atoms with Crippen LogP contribution in [0.15, 0.2) is 59.0 Å². The molecule has 0 saturated heterocycles. The van der Waals surface area contributed by atoms with E-state index in [1.165, 1.54) is 0 Å². The summed E-state index contributed by atoms with van der Waals surface area (Å²) in [6.07, 6.45) is 1.99. The van der Waals surface area contributed by atoms with E-state index in [1.54, 1.807) is 18.2 Å². The lowest BCUT2D eigenvalue weighted by Crippen LogP contribution is -2.08. The molecule has 5 rings (SSSR count). The zero-order chi connectivity index (χ0) is 19.3. The highest BCUT2D eigenvalue weighted by molar-refractivity contribution is 6.24. The second kappa shape index (κ2) is 6.41. The van der Waals surface area contributed by atoms with Gasteiger partial charge in [0.05, 0.1) is 23.1 Å². The first-order chi connectivity index (χ1) is 13.7. The van der Waals surface area contributed by atoms with Gasteiger partial charge in [-0.05, 0) is 48.7 Å². The third kappa shape index (κ3) is 2.56. The topological polar surface area (TPSA) is 59.7 Å². The number of phenolic OH excluding ortho intramolecular Hbond substituents is 1. The minimum atomic E-state index is -0.164. The highest BCUT2D eigenvalue weighted by Gasteiger charge is 2.36. The summed E-state index contributed by atoms with van der Waals surface area (Å²) in [5.74, 6) is 1.36. The molecular weight excluding hydrogens is 352 g/mol. The van der Waals surface area contributed by atoms with Gasteiger partial charge in [0.2, 0.25) is 5.78 Å². The Hall–Kier alpha value is -3.27. The number of phenols is 1. The third-order valence-corrected chi connectivity index (χ3v) is 5.31. The van der Waals surface area contributed by atoms with Crippen LogP contribution in [0.5, 0.6) is 11.5 Å². The van der Waals surface area contributed by atoms with Gasteiger partial charge in [-0.15, -0.1) is 0 Å². The molecule has 1 aliphatic carbocycles. The summed E-state index contributed by atoms with van der Waals surface area (Å²) in [5.41, 5.74) is 1.53. The number of furan rings is 1. The Kier molecular flexibility index (Phi) is 3.86. The van der Waals surface area contributed by atoms with Crippen LogP contribution in [-0.4, -0.2) is 17.5 Å². The van der Waals surface area contributed by atoms with Gasteiger partial charge in [0.15, 0.2) is 0 Å². The zero-order valence-corrected chi connectivity index (χ0v) is 15.6. The lowest BCUT2D eigenvalue weighted by Gasteiger charge is -2.13. The SMILES string of the molecule is CCOc1ccc2ccccc2c1C(=O)c1c(C2CC2)oc2cccc(O)c12. The molecule has 1 N–H and O–H groups in total. The molecule has 0 bridgehead atoms. The fourth-order valence-corrected chi connectivity index (χ4v) is 3.89. The van der Waals surface area contributed by atoms with Gasteiger partial charge >= 0.3 is 0 Å². The Morgan fingerprint density at radius 3 is 2.68 bits per heavy atom. The molecule has 0 unspecified atom stereocenters. The van der Waals surface area contributed by atoms with E-state index in [2.05, 4.69) is 0 Å². The molecule has 4 heteroatoms. The Bertz CT molecular complexity index is 1210. The van der Waals surface area contributed by atoms with Crippen molar-refractivity contribution in [2.24, 2.45) is 0 Å². The predicted molar refractivity (Wildman–Crippen MR) is 108 cm³/mol. The summed E-state index contributed by atoms with van der Waals surface area (Å²) in [5, 5.41) is 12.8. The minimum Gasteiger partial charge on any atom is -0.507 e. The van der Waals surface area contributed by atoms with Crippen molar-refractivity contribution in [3.8, 4) is 11.5 Å². The third-order valence-electron chi connectivity index (χ3n) is 5.31. The fraction of sp³-hybridized carbons (Fsp3) is 0.208. The maximum atomic E-state index is 13.9. The average Bonchev–Trinajstić information content (AvgIpc) is 3.48. The predicted octanol–water partition coefficient (Wildman–Crippen LogP) is 5.80. The summed E-state index contributed by atoms with van der Waals surface area (Å²) < 4.78 is 11.8. The lowest BCUT2D eigenvalue weighted by atomic mass is 9.93. The van der Waals surface area contributed by atoms with E-state index >= 15 is 0 Å². The number of aromatic hydroxyl groups is 1. The Balaban J connectivity index is 1.81. The van der Waals surface area contributed by atoms with Gasteiger partial charge in [0.1, 0.15) is 22.8 Å². The van der Waals surface area contributed by atoms with Crippen molar-refractivity contribution in [1.82, 2.24) is 0 Å². The Morgan fingerprint density at radius 2 is 1.89 bits per heavy atom. The van der Waals surface area contributed by atoms with Crippen LogP contribution in [0.2, 0.25) is 0 Å². The molecule has 1 aliphatic rings. The second-order valence-corrected chi connectivity index (χ2v) is 7.19. The van der Waals surface area contributed by atoms with Crippen LogP contribution in [0.25, 0.3) is 21.7 Å². The Morgan fingerprint density at radius 1 is 1.07 bits per heavy atom. The molecule has 140 valence electrons. The van der Waals surface area contributed by atoms with Crippen LogP contribution in [0, 0.1) is 0 Å². The van der Waals surface area contributed by atoms with Crippen LogP contribution < -0.4 is 4.74 Å². The standard InChI is InChI=1S/C24H20O4/c1-2-27-18-13-12-14-6-3-4-7-16(14)20(18)23(26)22-21-17(25)8-5-9-19(21)28-24(22)15-10-11-15/h3-9,12-13,15,25H,2,10-11H2,1H3. The molecular formula is C24H20O4. The summed E-state index contributed by atoms with van der Waals surface area (Å²) >= 11 is 0. The van der Waals surface area contributed by atoms with Crippen LogP contribution in [-0.2, 0) is 0 Å². The normalized spacial score (nSPS) is 13.9. The van der Waals surface area contributed by atoms with E-state index in [0.717, 1.165) is 23.6 Å². The second-order valence-electron chi connectivity index (χ2n) is 7.19. The van der Waals surface area contributed by atoms with Crippen LogP contribution in [0.1, 0.15) is 47.4 Å². The van der Waals surface area contributed by atoms with E-state index in [-0.39, 0.29) is 17.5 Å². The first-order valence-electron chi connectivity index (χ1n) is 9.62. The minimum absolute atomic E-state index is 0.0645. The number of fused-ring (bicyclic) bond motifs is 2. The molecule has 0 spiro atoms. The van der Waals surface area contributed by atoms with Gasteiger partial charge in [-0.1, -0.05) is 36.4 Å². The van der Waals surface area contributed by atoms with Crippen molar-refractivity contribution in [2.75, 3.05) is 6.61 Å². The molecule has 4 nitrogen and oxygen atoms in total. The lowest BCUT2D eigenvalue weighted by molar-refractivity contribution is 0.103. The largest absolute Gasteiger partial charge is 0.507 e. The van der Waals surface area contributed by atoms with E-state index < -0.39 is 0 Å². The van der Waals surface area contributed by atoms with E-state index in [1.807, 2.05) is 43.3 Å². The molecule has 1 heterocycles. The molecule has 1 fully saturated rings. The van der Waals surface area contributed by atoms with Crippen LogP contribution in [0.4, 0.5) is 0 Å². The highest BCUT2D eigenvalue weighted by atomic mass is 16.5. The summed E-state index contributed by atoms with van der Waals surface area (Å²) in [4.78, 5) is 13.9. The number of ketones is 1. The van der Waals surface area contributed by atoms with Crippen molar-refractivity contribution in [3.63, 3.8) is 0 Å². The number of rotatable bonds is 5. The quantitative estimate of drug-likeness (QED) is 0.450. The highest BCUT2D eigenvalue weighted by Crippen LogP contribution is 2.47. The van der Waals surface area contributed by atoms with Gasteiger partial charge in [0, 0.05) is 5.92 Å². The fourth-order valence-electron chi connectivity index (χ4n) is 3.89. The summed E-state index contributed by atoms with van der Waals surface area (Å²) in [6.45, 7) is 2.36. The van der Waals surface area contributed by atoms with Gasteiger partial charge in [-0.25, -0.2) is 0 Å². The molecule has 0 atom stereocenters. The van der Waals surface area contributed by atoms with Crippen molar-refractivity contribution >= 4 is 27.5 Å². The number of benzene rings is 3. The number of carbonyl (C=O) groups excluding carboxylic acids is 1. The van der Waals surface area contributed by atoms with Gasteiger partial charge in [0.25, 0.3) is 0 Å². The number of carbonyl (C=O) groups is 1. The first kappa shape index (κ1) is 16.9. The molecule has 4 aromatic rings. The maximum absolute atomic E-state index is 13.9. The molecule has 1 aromatic heterocycles. The van der Waals surface area contributed by atoms with Crippen molar-refractivity contribution < 1.29 is 19.1 Å². The van der Waals surface area contributed by atoms with Crippen molar-refractivity contribution in [1.29, 1.82) is 0 Å². The average molecular weight is 372 g/mol. The van der Waals surface area contributed by atoms with Gasteiger partial charge in [-0.2, -0.15) is 0 Å². The van der Waals surface area contributed by atoms with E-state index in [4.69, 9.17) is 9.15 Å². The molecule has 0 amide bonds. The number of ether oxygens (including phenoxy) is 1. The smallest absolute Gasteiger partial charge is 0.201 e. The van der Waals surface area contributed by atoms with Gasteiger partial charge < -0.3 is 14.3 Å². The monoisotopic (exact) mass is 372 g/mol. The van der Waals surface area contributed by atoms with Crippen molar-refractivity contribution in [2.45, 2.75) is 25.7 Å². The summed E-state index contributed by atoms with van der Waals surface area (Å²) in [6, 6.07) is 16.7. The summed E-state index contributed by atoms with van der Waals surface area (Å²) in [7, 11) is 0. The molecule has 28 heavy (non-hydrogen) atoms. The van der Waals surface area contributed by atoms with Crippen molar-refractivity contribution in [3.05, 3.63) is 71.5 Å². The molecule has 1 saturated carbocycles. The zero-order valence-electron chi connectivity index (χ0n) is 15.6. The van der Waals surface area contributed by atoms with Crippen LogP contribution in [0.3, 0.4) is 0 Å². The molecule has 0 radical (unpaired) electrons. The first-order valence-corrected chi connectivity index (χ1v) is 9.62. The molecule has 3 aromatic carbocycles. The van der Waals surface area contributed by atoms with Crippen LogP contribution >= 0.6 is 0 Å². The van der Waals surface area contributed by atoms with E-state index in [9.17, 15) is 9.90 Å². The number of hydrogen-bond acceptors (Lipinski definition) is 4.